The Bertz CT molecular complexity index is 488. The lowest BCUT2D eigenvalue weighted by atomic mass is 10.0. The van der Waals surface area contributed by atoms with E-state index in [-0.39, 0.29) is 17.4 Å². The first-order chi connectivity index (χ1) is 8.96. The first-order valence-corrected chi connectivity index (χ1v) is 7.70. The van der Waals surface area contributed by atoms with Gasteiger partial charge in [0, 0.05) is 16.5 Å². The van der Waals surface area contributed by atoms with Crippen LogP contribution in [0.15, 0.2) is 18.2 Å². The van der Waals surface area contributed by atoms with Gasteiger partial charge in [0.1, 0.15) is 0 Å². The van der Waals surface area contributed by atoms with Crippen molar-refractivity contribution in [2.24, 2.45) is 5.41 Å². The van der Waals surface area contributed by atoms with Gasteiger partial charge in [0.15, 0.2) is 0 Å². The zero-order valence-electron chi connectivity index (χ0n) is 10.7. The van der Waals surface area contributed by atoms with Crippen LogP contribution in [0.3, 0.4) is 0 Å². The fourth-order valence-electron chi connectivity index (χ4n) is 2.13. The van der Waals surface area contributed by atoms with Crippen LogP contribution in [-0.4, -0.2) is 11.7 Å². The van der Waals surface area contributed by atoms with Gasteiger partial charge in [-0.1, -0.05) is 29.3 Å². The second-order valence-corrected chi connectivity index (χ2v) is 6.45. The van der Waals surface area contributed by atoms with E-state index in [4.69, 9.17) is 23.2 Å². The molecule has 0 bridgehead atoms. The minimum Gasteiger partial charge on any atom is -0.350 e. The van der Waals surface area contributed by atoms with E-state index in [2.05, 4.69) is 17.9 Å². The highest BCUT2D eigenvalue weighted by molar-refractivity contribution is 7.80. The molecule has 0 heterocycles. The van der Waals surface area contributed by atoms with Crippen LogP contribution >= 0.6 is 35.8 Å². The molecule has 0 radical (unpaired) electrons. The topological polar surface area (TPSA) is 29.1 Å². The Kier molecular flexibility index (Phi) is 4.70. The van der Waals surface area contributed by atoms with Crippen LogP contribution in [0.25, 0.3) is 0 Å². The molecule has 1 aromatic carbocycles. The molecule has 1 N–H and O–H groups in total. The summed E-state index contributed by atoms with van der Waals surface area (Å²) in [5, 5.41) is 4.16. The number of nitrogens with one attached hydrogen (secondary N) is 1. The Morgan fingerprint density at radius 3 is 2.68 bits per heavy atom. The minimum atomic E-state index is -0.118. The summed E-state index contributed by atoms with van der Waals surface area (Å²) in [5.74, 6) is 0.835. The maximum absolute atomic E-state index is 12.0. The molecule has 2 nitrogen and oxygen atoms in total. The molecule has 1 atom stereocenters. The van der Waals surface area contributed by atoms with Gasteiger partial charge in [0.05, 0.1) is 6.04 Å². The highest BCUT2D eigenvalue weighted by Gasteiger charge is 2.42. The number of halogens is 2. The van der Waals surface area contributed by atoms with Crippen molar-refractivity contribution in [3.63, 3.8) is 0 Å². The zero-order chi connectivity index (χ0) is 14.0. The lowest BCUT2D eigenvalue weighted by Crippen LogP contribution is -2.29. The van der Waals surface area contributed by atoms with Gasteiger partial charge in [-0.05, 0) is 48.6 Å². The first kappa shape index (κ1) is 15.0. The predicted octanol–water partition coefficient (Wildman–Crippen LogP) is 4.27. The van der Waals surface area contributed by atoms with E-state index in [1.54, 1.807) is 12.1 Å². The van der Waals surface area contributed by atoms with Crippen LogP contribution in [0.2, 0.25) is 10.0 Å². The first-order valence-electron chi connectivity index (χ1n) is 6.31. The third kappa shape index (κ3) is 3.80. The van der Waals surface area contributed by atoms with Gasteiger partial charge >= 0.3 is 0 Å². The molecule has 1 aliphatic rings. The van der Waals surface area contributed by atoms with Crippen molar-refractivity contribution in [1.82, 2.24) is 5.32 Å². The minimum absolute atomic E-state index is 0.0602. The monoisotopic (exact) mass is 317 g/mol. The second kappa shape index (κ2) is 5.94. The maximum Gasteiger partial charge on any atom is 0.221 e. The molecular weight excluding hydrogens is 301 g/mol. The summed E-state index contributed by atoms with van der Waals surface area (Å²) in [4.78, 5) is 12.0. The highest BCUT2D eigenvalue weighted by atomic mass is 35.5. The Labute approximate surface area is 129 Å². The van der Waals surface area contributed by atoms with Crippen LogP contribution in [0, 0.1) is 5.41 Å². The molecule has 104 valence electrons. The summed E-state index contributed by atoms with van der Waals surface area (Å²) in [5.41, 5.74) is 1.02. The Morgan fingerprint density at radius 2 is 2.16 bits per heavy atom. The summed E-state index contributed by atoms with van der Waals surface area (Å²) in [7, 11) is 0. The van der Waals surface area contributed by atoms with Gasteiger partial charge in [-0.15, -0.1) is 0 Å². The fourth-order valence-corrected chi connectivity index (χ4v) is 3.13. The van der Waals surface area contributed by atoms with Crippen molar-refractivity contribution in [3.05, 3.63) is 33.8 Å². The number of carbonyl (C=O) groups excluding carboxylic acids is 1. The number of benzene rings is 1. The summed E-state index contributed by atoms with van der Waals surface area (Å²) in [6.45, 7) is 1.92. The third-order valence-corrected chi connectivity index (χ3v) is 4.87. The lowest BCUT2D eigenvalue weighted by molar-refractivity contribution is -0.122. The van der Waals surface area contributed by atoms with Crippen molar-refractivity contribution in [3.8, 4) is 0 Å². The molecule has 1 fully saturated rings. The van der Waals surface area contributed by atoms with Crippen LogP contribution in [0.1, 0.15) is 37.8 Å². The van der Waals surface area contributed by atoms with Gasteiger partial charge in [-0.25, -0.2) is 0 Å². The quantitative estimate of drug-likeness (QED) is 0.780. The number of hydrogen-bond donors (Lipinski definition) is 2. The van der Waals surface area contributed by atoms with Crippen molar-refractivity contribution < 1.29 is 4.79 Å². The number of thiol groups is 1. The molecule has 0 saturated heterocycles. The van der Waals surface area contributed by atoms with Crippen LogP contribution < -0.4 is 5.32 Å². The molecular formula is C14H17Cl2NOS. The Balaban J connectivity index is 1.96. The van der Waals surface area contributed by atoms with Crippen LogP contribution in [0.4, 0.5) is 0 Å². The van der Waals surface area contributed by atoms with Gasteiger partial charge < -0.3 is 5.32 Å². The molecule has 1 amide bonds. The summed E-state index contributed by atoms with van der Waals surface area (Å²) >= 11 is 16.3. The molecule has 0 spiro atoms. The molecule has 2 rings (SSSR count). The highest BCUT2D eigenvalue weighted by Crippen LogP contribution is 2.49. The second-order valence-electron chi connectivity index (χ2n) is 5.29. The average Bonchev–Trinajstić information content (AvgIpc) is 3.08. The Hall–Kier alpha value is -0.380. The lowest BCUT2D eigenvalue weighted by Gasteiger charge is -2.18. The van der Waals surface area contributed by atoms with E-state index in [1.807, 2.05) is 13.0 Å². The number of hydrogen-bond acceptors (Lipinski definition) is 2. The van der Waals surface area contributed by atoms with Crippen LogP contribution in [0.5, 0.6) is 0 Å². The van der Waals surface area contributed by atoms with E-state index < -0.39 is 0 Å². The molecule has 19 heavy (non-hydrogen) atoms. The summed E-state index contributed by atoms with van der Waals surface area (Å²) in [6.07, 6.45) is 2.74. The van der Waals surface area contributed by atoms with Gasteiger partial charge in [-0.2, -0.15) is 12.6 Å². The standard InChI is InChI=1S/C14H17Cl2NOS/c1-9(11-3-2-10(15)6-12(11)16)17-13(18)7-14(8-19)4-5-14/h2-3,6,9,19H,4-5,7-8H2,1H3,(H,17,18). The molecule has 0 aliphatic heterocycles. The van der Waals surface area contributed by atoms with Crippen molar-refractivity contribution in [2.75, 3.05) is 5.75 Å². The molecule has 0 aromatic heterocycles. The molecule has 1 saturated carbocycles. The van der Waals surface area contributed by atoms with Gasteiger partial charge in [0.2, 0.25) is 5.91 Å². The largest absolute Gasteiger partial charge is 0.350 e. The van der Waals surface area contributed by atoms with E-state index in [0.29, 0.717) is 16.5 Å². The molecule has 5 heteroatoms. The van der Waals surface area contributed by atoms with E-state index >= 15 is 0 Å². The molecule has 1 unspecified atom stereocenters. The Morgan fingerprint density at radius 1 is 1.47 bits per heavy atom. The maximum atomic E-state index is 12.0. The van der Waals surface area contributed by atoms with E-state index in [9.17, 15) is 4.79 Å². The summed E-state index contributed by atoms with van der Waals surface area (Å²) in [6, 6.07) is 5.20. The van der Waals surface area contributed by atoms with Crippen molar-refractivity contribution in [1.29, 1.82) is 0 Å². The van der Waals surface area contributed by atoms with E-state index in [0.717, 1.165) is 24.2 Å². The smallest absolute Gasteiger partial charge is 0.221 e. The van der Waals surface area contributed by atoms with Crippen molar-refractivity contribution in [2.45, 2.75) is 32.2 Å². The number of amides is 1. The zero-order valence-corrected chi connectivity index (χ0v) is 13.2. The number of carbonyl (C=O) groups is 1. The third-order valence-electron chi connectivity index (χ3n) is 3.63. The average molecular weight is 318 g/mol. The van der Waals surface area contributed by atoms with Gasteiger partial charge in [-0.3, -0.25) is 4.79 Å². The fraction of sp³-hybridized carbons (Fsp3) is 0.500. The predicted molar refractivity (Wildman–Crippen MR) is 83.2 cm³/mol. The normalized spacial score (nSPS) is 17.9. The van der Waals surface area contributed by atoms with E-state index in [1.165, 1.54) is 0 Å². The SMILES string of the molecule is CC(NC(=O)CC1(CS)CC1)c1ccc(Cl)cc1Cl. The number of rotatable bonds is 5. The van der Waals surface area contributed by atoms with Crippen molar-refractivity contribution >= 4 is 41.7 Å². The summed E-state index contributed by atoms with van der Waals surface area (Å²) < 4.78 is 0. The molecule has 1 aromatic rings. The molecule has 1 aliphatic carbocycles. The van der Waals surface area contributed by atoms with Crippen LogP contribution in [-0.2, 0) is 4.79 Å². The van der Waals surface area contributed by atoms with Gasteiger partial charge in [0.25, 0.3) is 0 Å².